The summed E-state index contributed by atoms with van der Waals surface area (Å²) in [4.78, 5) is 10.7. The maximum atomic E-state index is 10.7. The van der Waals surface area contributed by atoms with E-state index < -0.39 is 0 Å². The molecule has 2 N–H and O–H groups in total. The van der Waals surface area contributed by atoms with E-state index in [1.807, 2.05) is 12.1 Å². The van der Waals surface area contributed by atoms with Gasteiger partial charge in [0, 0.05) is 37.5 Å². The van der Waals surface area contributed by atoms with Crippen LogP contribution in [0.1, 0.15) is 45.2 Å². The van der Waals surface area contributed by atoms with E-state index in [0.717, 1.165) is 12.1 Å². The molecule has 20 heavy (non-hydrogen) atoms. The highest BCUT2D eigenvalue weighted by atomic mass is 16.1. The molecule has 0 aliphatic carbocycles. The Kier molecular flexibility index (Phi) is 6.27. The van der Waals surface area contributed by atoms with Gasteiger partial charge in [0.2, 0.25) is 5.91 Å². The lowest BCUT2D eigenvalue weighted by molar-refractivity contribution is -0.118. The van der Waals surface area contributed by atoms with Crippen molar-refractivity contribution in [2.24, 2.45) is 0 Å². The summed E-state index contributed by atoms with van der Waals surface area (Å²) in [6.45, 7) is 9.44. The number of rotatable bonds is 4. The Morgan fingerprint density at radius 3 is 2.40 bits per heavy atom. The molecule has 1 rings (SSSR count). The number of benzene rings is 1. The standard InChI is InChI=1S/C17H24N2O/c1-14(20)18-12-6-5-7-15-8-10-16(11-9-15)13-19-17(2,3)4/h8-11,19H,6,12-13H2,1-4H3,(H,18,20). The monoisotopic (exact) mass is 272 g/mol. The summed E-state index contributed by atoms with van der Waals surface area (Å²) in [6.07, 6.45) is 0.674. The molecule has 0 saturated heterocycles. The molecule has 0 aliphatic heterocycles. The average Bonchev–Trinajstić information content (AvgIpc) is 2.36. The smallest absolute Gasteiger partial charge is 0.216 e. The van der Waals surface area contributed by atoms with Crippen molar-refractivity contribution in [3.05, 3.63) is 35.4 Å². The van der Waals surface area contributed by atoms with Crippen LogP contribution in [0, 0.1) is 11.8 Å². The van der Waals surface area contributed by atoms with Crippen molar-refractivity contribution in [3.8, 4) is 11.8 Å². The van der Waals surface area contributed by atoms with Crippen molar-refractivity contribution >= 4 is 5.91 Å². The Morgan fingerprint density at radius 2 is 1.85 bits per heavy atom. The normalized spacial score (nSPS) is 10.6. The van der Waals surface area contributed by atoms with Crippen molar-refractivity contribution in [2.75, 3.05) is 6.54 Å². The third kappa shape index (κ3) is 7.60. The van der Waals surface area contributed by atoms with Crippen LogP contribution in [-0.4, -0.2) is 18.0 Å². The number of hydrogen-bond acceptors (Lipinski definition) is 2. The maximum Gasteiger partial charge on any atom is 0.216 e. The summed E-state index contributed by atoms with van der Waals surface area (Å²) in [5, 5.41) is 6.17. The van der Waals surface area contributed by atoms with Crippen LogP contribution in [0.4, 0.5) is 0 Å². The molecular weight excluding hydrogens is 248 g/mol. The quantitative estimate of drug-likeness (QED) is 0.653. The van der Waals surface area contributed by atoms with Gasteiger partial charge in [-0.2, -0.15) is 0 Å². The number of carbonyl (C=O) groups excluding carboxylic acids is 1. The molecule has 1 aromatic carbocycles. The highest BCUT2D eigenvalue weighted by Gasteiger charge is 2.07. The van der Waals surface area contributed by atoms with Gasteiger partial charge in [-0.1, -0.05) is 24.0 Å². The van der Waals surface area contributed by atoms with Gasteiger partial charge in [-0.15, -0.1) is 0 Å². The van der Waals surface area contributed by atoms with Crippen LogP contribution < -0.4 is 10.6 Å². The molecule has 3 nitrogen and oxygen atoms in total. The maximum absolute atomic E-state index is 10.7. The minimum atomic E-state index is -0.0116. The summed E-state index contributed by atoms with van der Waals surface area (Å²) in [5.74, 6) is 6.14. The first-order valence-electron chi connectivity index (χ1n) is 6.94. The van der Waals surface area contributed by atoms with E-state index in [9.17, 15) is 4.79 Å². The Bertz CT molecular complexity index is 486. The third-order valence-corrected chi connectivity index (χ3v) is 2.63. The molecule has 0 aromatic heterocycles. The Morgan fingerprint density at radius 1 is 1.20 bits per heavy atom. The second kappa shape index (κ2) is 7.72. The lowest BCUT2D eigenvalue weighted by Crippen LogP contribution is -2.35. The SMILES string of the molecule is CC(=O)NCCC#Cc1ccc(CNC(C)(C)C)cc1. The molecule has 0 fully saturated rings. The van der Waals surface area contributed by atoms with Crippen molar-refractivity contribution in [1.82, 2.24) is 10.6 Å². The van der Waals surface area contributed by atoms with Gasteiger partial charge in [0.1, 0.15) is 0 Å². The third-order valence-electron chi connectivity index (χ3n) is 2.63. The van der Waals surface area contributed by atoms with E-state index in [4.69, 9.17) is 0 Å². The molecule has 0 heterocycles. The highest BCUT2D eigenvalue weighted by molar-refractivity contribution is 5.72. The second-order valence-corrected chi connectivity index (χ2v) is 5.84. The fraction of sp³-hybridized carbons (Fsp3) is 0.471. The molecule has 108 valence electrons. The van der Waals surface area contributed by atoms with Gasteiger partial charge >= 0.3 is 0 Å². The number of hydrogen-bond donors (Lipinski definition) is 2. The van der Waals surface area contributed by atoms with Crippen molar-refractivity contribution in [1.29, 1.82) is 0 Å². The van der Waals surface area contributed by atoms with Crippen LogP contribution in [0.2, 0.25) is 0 Å². The van der Waals surface area contributed by atoms with Gasteiger partial charge < -0.3 is 10.6 Å². The first-order valence-corrected chi connectivity index (χ1v) is 6.94. The molecule has 3 heteroatoms. The Hall–Kier alpha value is -1.79. The molecule has 0 spiro atoms. The number of nitrogens with one attached hydrogen (secondary N) is 2. The zero-order valence-electron chi connectivity index (χ0n) is 12.8. The summed E-state index contributed by atoms with van der Waals surface area (Å²) in [7, 11) is 0. The number of amides is 1. The molecule has 0 radical (unpaired) electrons. The van der Waals surface area contributed by atoms with Gasteiger partial charge in [0.15, 0.2) is 0 Å². The molecule has 0 saturated carbocycles. The van der Waals surface area contributed by atoms with Crippen LogP contribution in [0.25, 0.3) is 0 Å². The topological polar surface area (TPSA) is 41.1 Å². The van der Waals surface area contributed by atoms with E-state index >= 15 is 0 Å². The van der Waals surface area contributed by atoms with Gasteiger partial charge in [-0.05, 0) is 38.5 Å². The zero-order chi connectivity index (χ0) is 15.0. The van der Waals surface area contributed by atoms with Gasteiger partial charge in [0.25, 0.3) is 0 Å². The second-order valence-electron chi connectivity index (χ2n) is 5.84. The molecule has 0 aliphatic rings. The predicted octanol–water partition coefficient (Wildman–Crippen LogP) is 2.45. The fourth-order valence-corrected chi connectivity index (χ4v) is 1.54. The first-order chi connectivity index (χ1) is 9.37. The predicted molar refractivity (Wildman–Crippen MR) is 83.2 cm³/mol. The van der Waals surface area contributed by atoms with E-state index in [0.29, 0.717) is 13.0 Å². The lowest BCUT2D eigenvalue weighted by Gasteiger charge is -2.20. The zero-order valence-corrected chi connectivity index (χ0v) is 12.8. The molecule has 0 bridgehead atoms. The van der Waals surface area contributed by atoms with Crippen molar-refractivity contribution < 1.29 is 4.79 Å². The molecular formula is C17H24N2O. The highest BCUT2D eigenvalue weighted by Crippen LogP contribution is 2.06. The van der Waals surface area contributed by atoms with Crippen molar-refractivity contribution in [2.45, 2.75) is 46.2 Å². The molecule has 1 amide bonds. The molecule has 0 atom stereocenters. The van der Waals surface area contributed by atoms with Crippen LogP contribution in [-0.2, 0) is 11.3 Å². The van der Waals surface area contributed by atoms with E-state index in [-0.39, 0.29) is 11.4 Å². The summed E-state index contributed by atoms with van der Waals surface area (Å²) in [5.41, 5.74) is 2.39. The van der Waals surface area contributed by atoms with E-state index in [1.165, 1.54) is 12.5 Å². The summed E-state index contributed by atoms with van der Waals surface area (Å²) < 4.78 is 0. The van der Waals surface area contributed by atoms with Crippen LogP contribution >= 0.6 is 0 Å². The minimum absolute atomic E-state index is 0.0116. The van der Waals surface area contributed by atoms with Crippen LogP contribution in [0.3, 0.4) is 0 Å². The average molecular weight is 272 g/mol. The van der Waals surface area contributed by atoms with E-state index in [1.54, 1.807) is 0 Å². The van der Waals surface area contributed by atoms with Crippen LogP contribution in [0.5, 0.6) is 0 Å². The molecule has 0 unspecified atom stereocenters. The van der Waals surface area contributed by atoms with Gasteiger partial charge in [-0.25, -0.2) is 0 Å². The van der Waals surface area contributed by atoms with Crippen molar-refractivity contribution in [3.63, 3.8) is 0 Å². The minimum Gasteiger partial charge on any atom is -0.355 e. The molecule has 1 aromatic rings. The Balaban J connectivity index is 2.42. The van der Waals surface area contributed by atoms with E-state index in [2.05, 4.69) is 55.4 Å². The fourth-order valence-electron chi connectivity index (χ4n) is 1.54. The lowest BCUT2D eigenvalue weighted by atomic mass is 10.1. The van der Waals surface area contributed by atoms with Crippen LogP contribution in [0.15, 0.2) is 24.3 Å². The summed E-state index contributed by atoms with van der Waals surface area (Å²) >= 11 is 0. The first kappa shape index (κ1) is 16.3. The summed E-state index contributed by atoms with van der Waals surface area (Å²) in [6, 6.07) is 8.25. The van der Waals surface area contributed by atoms with Gasteiger partial charge in [-0.3, -0.25) is 4.79 Å². The van der Waals surface area contributed by atoms with Gasteiger partial charge in [0.05, 0.1) is 0 Å². The largest absolute Gasteiger partial charge is 0.355 e. The number of carbonyl (C=O) groups is 1. The Labute approximate surface area is 122 Å².